The maximum absolute atomic E-state index is 13.0. The molecule has 0 radical (unpaired) electrons. The van der Waals surface area contributed by atoms with Crippen LogP contribution in [0.4, 0.5) is 22.2 Å². The van der Waals surface area contributed by atoms with Crippen LogP contribution in [0.2, 0.25) is 0 Å². The van der Waals surface area contributed by atoms with E-state index in [0.29, 0.717) is 41.8 Å². The Morgan fingerprint density at radius 3 is 2.56 bits per heavy atom. The highest BCUT2D eigenvalue weighted by Crippen LogP contribution is 2.42. The van der Waals surface area contributed by atoms with Gasteiger partial charge in [-0.3, -0.25) is 9.69 Å². The van der Waals surface area contributed by atoms with Crippen molar-refractivity contribution in [1.82, 2.24) is 29.7 Å². The molecular weight excluding hydrogens is 496 g/mol. The Hall–Kier alpha value is -3.73. The fourth-order valence-corrected chi connectivity index (χ4v) is 6.97. The summed E-state index contributed by atoms with van der Waals surface area (Å²) in [5.41, 5.74) is 1.71. The first kappa shape index (κ1) is 24.3. The maximum atomic E-state index is 13.0. The van der Waals surface area contributed by atoms with Gasteiger partial charge in [-0.15, -0.1) is 0 Å². The van der Waals surface area contributed by atoms with Gasteiger partial charge in [0.1, 0.15) is 22.8 Å². The number of fused-ring (bicyclic) bond motifs is 3. The number of pyridine rings is 1. The second-order valence-electron chi connectivity index (χ2n) is 11.7. The Bertz CT molecular complexity index is 1420. The van der Waals surface area contributed by atoms with Crippen LogP contribution in [0, 0.1) is 0 Å². The molecule has 2 N–H and O–H groups in total. The number of hydrogen-bond donors (Lipinski definition) is 2. The lowest BCUT2D eigenvalue weighted by atomic mass is 9.87. The molecule has 11 nitrogen and oxygen atoms in total. The summed E-state index contributed by atoms with van der Waals surface area (Å²) in [4.78, 5) is 42.9. The van der Waals surface area contributed by atoms with Gasteiger partial charge >= 0.3 is 6.09 Å². The van der Waals surface area contributed by atoms with Crippen molar-refractivity contribution in [3.8, 4) is 0 Å². The van der Waals surface area contributed by atoms with Gasteiger partial charge in [-0.2, -0.15) is 4.98 Å². The number of aromatic nitrogens is 4. The first-order valence-electron chi connectivity index (χ1n) is 14.0. The third kappa shape index (κ3) is 4.28. The molecule has 0 aromatic carbocycles. The molecule has 2 bridgehead atoms. The lowest BCUT2D eigenvalue weighted by Crippen LogP contribution is -2.50. The predicted molar refractivity (Wildman–Crippen MR) is 146 cm³/mol. The number of hydrogen-bond acceptors (Lipinski definition) is 8. The molecule has 7 rings (SSSR count). The van der Waals surface area contributed by atoms with Crippen molar-refractivity contribution in [2.75, 3.05) is 30.9 Å². The zero-order valence-corrected chi connectivity index (χ0v) is 22.4. The highest BCUT2D eigenvalue weighted by molar-refractivity contribution is 5.98. The predicted octanol–water partition coefficient (Wildman–Crippen LogP) is 4.00. The van der Waals surface area contributed by atoms with Gasteiger partial charge in [0.15, 0.2) is 0 Å². The van der Waals surface area contributed by atoms with E-state index in [9.17, 15) is 9.59 Å². The first-order valence-corrected chi connectivity index (χ1v) is 14.0. The number of ether oxygens (including phenoxy) is 1. The van der Waals surface area contributed by atoms with Crippen LogP contribution >= 0.6 is 0 Å². The molecule has 39 heavy (non-hydrogen) atoms. The number of rotatable bonds is 5. The summed E-state index contributed by atoms with van der Waals surface area (Å²) >= 11 is 0. The number of carbonyl (C=O) groups excluding carboxylic acids is 2. The second kappa shape index (κ2) is 9.18. The molecule has 3 aromatic rings. The highest BCUT2D eigenvalue weighted by Gasteiger charge is 2.52. The van der Waals surface area contributed by atoms with Crippen molar-refractivity contribution in [2.24, 2.45) is 0 Å². The lowest BCUT2D eigenvalue weighted by molar-refractivity contribution is 0.0161. The summed E-state index contributed by atoms with van der Waals surface area (Å²) < 4.78 is 8.04. The minimum Gasteiger partial charge on any atom is -0.441 e. The molecule has 4 aliphatic rings. The van der Waals surface area contributed by atoms with Crippen LogP contribution in [0.3, 0.4) is 0 Å². The van der Waals surface area contributed by atoms with E-state index in [2.05, 4.69) is 25.2 Å². The molecule has 1 spiro atoms. The fraction of sp³-hybridized carbons (Fsp3) is 0.536. The Labute approximate surface area is 226 Å². The van der Waals surface area contributed by atoms with Gasteiger partial charge < -0.3 is 24.8 Å². The number of carbonyl (C=O) groups is 2. The monoisotopic (exact) mass is 530 g/mol. The van der Waals surface area contributed by atoms with Gasteiger partial charge in [-0.1, -0.05) is 12.8 Å². The van der Waals surface area contributed by atoms with Gasteiger partial charge in [0.2, 0.25) is 5.95 Å². The summed E-state index contributed by atoms with van der Waals surface area (Å²) in [5.74, 6) is 0.948. The van der Waals surface area contributed by atoms with Crippen LogP contribution in [-0.2, 0) is 4.74 Å². The van der Waals surface area contributed by atoms with Crippen LogP contribution in [0.1, 0.15) is 67.9 Å². The summed E-state index contributed by atoms with van der Waals surface area (Å²) in [7, 11) is 3.54. The highest BCUT2D eigenvalue weighted by atomic mass is 16.6. The summed E-state index contributed by atoms with van der Waals surface area (Å²) in [6.45, 7) is 0.556. The van der Waals surface area contributed by atoms with E-state index in [1.54, 1.807) is 36.3 Å². The smallest absolute Gasteiger partial charge is 0.415 e. The van der Waals surface area contributed by atoms with Crippen molar-refractivity contribution < 1.29 is 14.3 Å². The Balaban J connectivity index is 1.11. The minimum absolute atomic E-state index is 0.0361. The standard InChI is InChI=1S/C28H34N8O3/c1-34(2)25(37)22-11-17-14-30-26(33-24(17)36(22)20-5-3-4-6-20)32-23-10-9-21(15-29-23)35-16-28(39-27(35)38)12-18-7-8-19(13-28)31-18/h9-11,14-15,18-20,31H,3-8,12-13,16H2,1-2H3,(H,29,30,32,33)/t18-,19+,28?. The third-order valence-corrected chi connectivity index (χ3v) is 8.73. The van der Waals surface area contributed by atoms with E-state index < -0.39 is 5.60 Å². The maximum Gasteiger partial charge on any atom is 0.415 e. The molecular formula is C28H34N8O3. The van der Waals surface area contributed by atoms with Crippen LogP contribution < -0.4 is 15.5 Å². The van der Waals surface area contributed by atoms with E-state index in [0.717, 1.165) is 62.4 Å². The number of nitrogens with zero attached hydrogens (tertiary/aromatic N) is 6. The van der Waals surface area contributed by atoms with Gasteiger partial charge in [-0.05, 0) is 43.9 Å². The fourth-order valence-electron chi connectivity index (χ4n) is 6.97. The second-order valence-corrected chi connectivity index (χ2v) is 11.7. The number of amides is 2. The van der Waals surface area contributed by atoms with E-state index in [4.69, 9.17) is 9.72 Å². The summed E-state index contributed by atoms with van der Waals surface area (Å²) in [5, 5.41) is 7.66. The van der Waals surface area contributed by atoms with Crippen LogP contribution in [0.5, 0.6) is 0 Å². The largest absolute Gasteiger partial charge is 0.441 e. The molecule has 204 valence electrons. The molecule has 1 saturated carbocycles. The van der Waals surface area contributed by atoms with E-state index in [1.807, 2.05) is 18.2 Å². The molecule has 4 fully saturated rings. The first-order chi connectivity index (χ1) is 18.9. The molecule has 6 heterocycles. The van der Waals surface area contributed by atoms with Gasteiger partial charge in [0.25, 0.3) is 5.91 Å². The quantitative estimate of drug-likeness (QED) is 0.508. The van der Waals surface area contributed by atoms with E-state index >= 15 is 0 Å². The Morgan fingerprint density at radius 1 is 1.10 bits per heavy atom. The SMILES string of the molecule is CN(C)C(=O)c1cc2cnc(Nc3ccc(N4CC5(C[C@H]6CC[C@@H](C5)N6)OC4=O)cn3)nc2n1C1CCCC1. The number of nitrogens with one attached hydrogen (secondary N) is 2. The van der Waals surface area contributed by atoms with Crippen LogP contribution in [0.15, 0.2) is 30.6 Å². The van der Waals surface area contributed by atoms with Crippen LogP contribution in [0.25, 0.3) is 11.0 Å². The van der Waals surface area contributed by atoms with Crippen molar-refractivity contribution in [1.29, 1.82) is 0 Å². The summed E-state index contributed by atoms with van der Waals surface area (Å²) in [6, 6.07) is 6.71. The van der Waals surface area contributed by atoms with Gasteiger partial charge in [0.05, 0.1) is 18.4 Å². The third-order valence-electron chi connectivity index (χ3n) is 8.73. The average molecular weight is 531 g/mol. The minimum atomic E-state index is -0.407. The van der Waals surface area contributed by atoms with E-state index in [1.165, 1.54) is 0 Å². The molecule has 1 unspecified atom stereocenters. The topological polar surface area (TPSA) is 118 Å². The zero-order chi connectivity index (χ0) is 26.7. The van der Waals surface area contributed by atoms with E-state index in [-0.39, 0.29) is 18.0 Å². The van der Waals surface area contributed by atoms with Gasteiger partial charge in [-0.25, -0.2) is 14.8 Å². The molecule has 1 aliphatic carbocycles. The molecule has 3 aromatic heterocycles. The van der Waals surface area contributed by atoms with Gasteiger partial charge in [0, 0.05) is 56.6 Å². The van der Waals surface area contributed by atoms with Crippen molar-refractivity contribution >= 4 is 40.5 Å². The van der Waals surface area contributed by atoms with Crippen LogP contribution in [-0.4, -0.2) is 74.7 Å². The molecule has 3 aliphatic heterocycles. The van der Waals surface area contributed by atoms with Crippen molar-refractivity contribution in [3.63, 3.8) is 0 Å². The van der Waals surface area contributed by atoms with Crippen molar-refractivity contribution in [2.45, 2.75) is 75.1 Å². The average Bonchev–Trinajstić information content (AvgIpc) is 3.70. The van der Waals surface area contributed by atoms with Crippen molar-refractivity contribution in [3.05, 3.63) is 36.3 Å². The molecule has 2 amide bonds. The zero-order valence-electron chi connectivity index (χ0n) is 22.4. The normalized spacial score (nSPS) is 26.5. The molecule has 11 heteroatoms. The summed E-state index contributed by atoms with van der Waals surface area (Å²) in [6.07, 6.45) is 11.5. The Morgan fingerprint density at radius 2 is 1.87 bits per heavy atom. The number of piperidine rings is 1. The lowest BCUT2D eigenvalue weighted by Gasteiger charge is -2.36. The molecule has 3 atom stereocenters. The number of anilines is 3. The Kier molecular flexibility index (Phi) is 5.73. The molecule has 3 saturated heterocycles.